The van der Waals surface area contributed by atoms with Crippen LogP contribution in [0.3, 0.4) is 0 Å². The normalized spacial score (nSPS) is 18.2. The molecule has 3 rings (SSSR count). The summed E-state index contributed by atoms with van der Waals surface area (Å²) in [6.07, 6.45) is 3.44. The lowest BCUT2D eigenvalue weighted by atomic mass is 9.90. The van der Waals surface area contributed by atoms with Gasteiger partial charge in [0.15, 0.2) is 0 Å². The second-order valence-corrected chi connectivity index (χ2v) is 9.21. The summed E-state index contributed by atoms with van der Waals surface area (Å²) in [5.41, 5.74) is 0.889. The van der Waals surface area contributed by atoms with Crippen LogP contribution in [0.5, 0.6) is 0 Å². The molecule has 1 heterocycles. The summed E-state index contributed by atoms with van der Waals surface area (Å²) in [6.45, 7) is 6.06. The molecular weight excluding hydrogens is 420 g/mol. The zero-order valence-electron chi connectivity index (χ0n) is 19.8. The average molecular weight is 455 g/mol. The molecule has 0 aliphatic heterocycles. The molecule has 1 saturated carbocycles. The van der Waals surface area contributed by atoms with Crippen LogP contribution in [-0.2, 0) is 16.0 Å². The molecule has 2 atom stereocenters. The standard InChI is InChI=1S/C25H34N4O4/c1-25(2,3)33-24(31)28-20-13-9-8-12-19(20)27-21-15-14-18(23(30)32-4)22(29-21)26-16-17-10-6-5-7-11-17/h5-7,10-11,14-15,19-20H,8-9,12-13,16H2,1-4H3,(H,28,31)(H2,26,27,29)/t19-,20+/m1/s1. The van der Waals surface area contributed by atoms with E-state index in [9.17, 15) is 9.59 Å². The predicted molar refractivity (Wildman–Crippen MR) is 128 cm³/mol. The minimum atomic E-state index is -0.549. The van der Waals surface area contributed by atoms with Gasteiger partial charge in [-0.2, -0.15) is 0 Å². The van der Waals surface area contributed by atoms with Crippen LogP contribution >= 0.6 is 0 Å². The average Bonchev–Trinajstić information content (AvgIpc) is 2.78. The molecule has 8 nitrogen and oxygen atoms in total. The number of benzene rings is 1. The Balaban J connectivity index is 1.74. The highest BCUT2D eigenvalue weighted by molar-refractivity contribution is 5.94. The first-order chi connectivity index (χ1) is 15.7. The molecular formula is C25H34N4O4. The van der Waals surface area contributed by atoms with Crippen molar-refractivity contribution in [2.45, 2.75) is 70.7 Å². The first-order valence-electron chi connectivity index (χ1n) is 11.4. The van der Waals surface area contributed by atoms with Crippen molar-refractivity contribution < 1.29 is 19.1 Å². The van der Waals surface area contributed by atoms with Gasteiger partial charge in [-0.15, -0.1) is 0 Å². The van der Waals surface area contributed by atoms with Gasteiger partial charge in [0.2, 0.25) is 0 Å². The van der Waals surface area contributed by atoms with Gasteiger partial charge in [-0.05, 0) is 51.3 Å². The Kier molecular flexibility index (Phi) is 8.14. The van der Waals surface area contributed by atoms with Gasteiger partial charge in [0.25, 0.3) is 0 Å². The first kappa shape index (κ1) is 24.4. The Morgan fingerprint density at radius 3 is 2.39 bits per heavy atom. The Morgan fingerprint density at radius 1 is 1.03 bits per heavy atom. The fourth-order valence-electron chi connectivity index (χ4n) is 3.86. The van der Waals surface area contributed by atoms with E-state index in [4.69, 9.17) is 9.47 Å². The maximum atomic E-state index is 12.3. The topological polar surface area (TPSA) is 102 Å². The largest absolute Gasteiger partial charge is 0.465 e. The Labute approximate surface area is 195 Å². The third-order valence-electron chi connectivity index (χ3n) is 5.40. The summed E-state index contributed by atoms with van der Waals surface area (Å²) in [5, 5.41) is 9.70. The van der Waals surface area contributed by atoms with Crippen LogP contribution in [-0.4, -0.2) is 41.8 Å². The minimum absolute atomic E-state index is 0.00437. The molecule has 33 heavy (non-hydrogen) atoms. The van der Waals surface area contributed by atoms with Crippen LogP contribution in [0.4, 0.5) is 16.4 Å². The molecule has 8 heteroatoms. The van der Waals surface area contributed by atoms with Crippen molar-refractivity contribution in [2.24, 2.45) is 0 Å². The van der Waals surface area contributed by atoms with Crippen molar-refractivity contribution >= 4 is 23.7 Å². The lowest BCUT2D eigenvalue weighted by Gasteiger charge is -2.33. The quantitative estimate of drug-likeness (QED) is 0.520. The summed E-state index contributed by atoms with van der Waals surface area (Å²) in [5.74, 6) is 0.621. The zero-order chi connectivity index (χ0) is 23.8. The molecule has 178 valence electrons. The second-order valence-electron chi connectivity index (χ2n) is 9.21. The molecule has 1 aromatic heterocycles. The van der Waals surface area contributed by atoms with Gasteiger partial charge in [0.1, 0.15) is 22.8 Å². The van der Waals surface area contributed by atoms with Crippen molar-refractivity contribution in [1.82, 2.24) is 10.3 Å². The fraction of sp³-hybridized carbons (Fsp3) is 0.480. The zero-order valence-corrected chi connectivity index (χ0v) is 19.8. The lowest BCUT2D eigenvalue weighted by molar-refractivity contribution is 0.0487. The van der Waals surface area contributed by atoms with E-state index in [2.05, 4.69) is 20.9 Å². The summed E-state index contributed by atoms with van der Waals surface area (Å²) in [4.78, 5) is 29.2. The van der Waals surface area contributed by atoms with E-state index in [1.807, 2.05) is 51.1 Å². The number of aromatic nitrogens is 1. The Hall–Kier alpha value is -3.29. The molecule has 0 saturated heterocycles. The van der Waals surface area contributed by atoms with Crippen LogP contribution < -0.4 is 16.0 Å². The van der Waals surface area contributed by atoms with E-state index in [1.54, 1.807) is 12.1 Å². The third-order valence-corrected chi connectivity index (χ3v) is 5.40. The number of hydrogen-bond donors (Lipinski definition) is 3. The maximum absolute atomic E-state index is 12.3. The minimum Gasteiger partial charge on any atom is -0.465 e. The summed E-state index contributed by atoms with van der Waals surface area (Å²) >= 11 is 0. The number of alkyl carbamates (subject to hydrolysis) is 1. The van der Waals surface area contributed by atoms with Crippen LogP contribution in [0.25, 0.3) is 0 Å². The molecule has 3 N–H and O–H groups in total. The molecule has 1 aliphatic carbocycles. The Bertz CT molecular complexity index is 943. The molecule has 0 spiro atoms. The number of ether oxygens (including phenoxy) is 2. The van der Waals surface area contributed by atoms with E-state index in [0.29, 0.717) is 23.7 Å². The number of amides is 1. The smallest absolute Gasteiger partial charge is 0.407 e. The highest BCUT2D eigenvalue weighted by Crippen LogP contribution is 2.24. The van der Waals surface area contributed by atoms with Gasteiger partial charge >= 0.3 is 12.1 Å². The van der Waals surface area contributed by atoms with Gasteiger partial charge in [-0.3, -0.25) is 0 Å². The third kappa shape index (κ3) is 7.37. The highest BCUT2D eigenvalue weighted by Gasteiger charge is 2.29. The molecule has 1 fully saturated rings. The summed E-state index contributed by atoms with van der Waals surface area (Å²) in [6, 6.07) is 13.3. The number of rotatable bonds is 7. The van der Waals surface area contributed by atoms with Gasteiger partial charge in [-0.25, -0.2) is 14.6 Å². The maximum Gasteiger partial charge on any atom is 0.407 e. The van der Waals surface area contributed by atoms with E-state index < -0.39 is 17.7 Å². The van der Waals surface area contributed by atoms with Gasteiger partial charge in [0.05, 0.1) is 13.2 Å². The number of nitrogens with one attached hydrogen (secondary N) is 3. The molecule has 1 amide bonds. The van der Waals surface area contributed by atoms with E-state index in [1.165, 1.54) is 7.11 Å². The molecule has 0 radical (unpaired) electrons. The number of hydrogen-bond acceptors (Lipinski definition) is 7. The predicted octanol–water partition coefficient (Wildman–Crippen LogP) is 4.73. The van der Waals surface area contributed by atoms with Crippen molar-refractivity contribution in [2.75, 3.05) is 17.7 Å². The number of nitrogens with zero attached hydrogens (tertiary/aromatic N) is 1. The van der Waals surface area contributed by atoms with Crippen LogP contribution in [0.1, 0.15) is 62.4 Å². The second kappa shape index (κ2) is 11.0. The molecule has 0 unspecified atom stereocenters. The number of esters is 1. The van der Waals surface area contributed by atoms with Gasteiger partial charge < -0.3 is 25.4 Å². The van der Waals surface area contributed by atoms with E-state index in [0.717, 1.165) is 31.2 Å². The van der Waals surface area contributed by atoms with Crippen molar-refractivity contribution in [1.29, 1.82) is 0 Å². The number of anilines is 2. The van der Waals surface area contributed by atoms with Crippen molar-refractivity contribution in [3.63, 3.8) is 0 Å². The highest BCUT2D eigenvalue weighted by atomic mass is 16.6. The van der Waals surface area contributed by atoms with Crippen molar-refractivity contribution in [3.05, 3.63) is 53.6 Å². The fourth-order valence-corrected chi connectivity index (χ4v) is 3.86. The summed E-state index contributed by atoms with van der Waals surface area (Å²) in [7, 11) is 1.35. The van der Waals surface area contributed by atoms with Gasteiger partial charge in [0, 0.05) is 12.6 Å². The number of methoxy groups -OCH3 is 1. The van der Waals surface area contributed by atoms with Crippen LogP contribution in [0, 0.1) is 0 Å². The number of carbonyl (C=O) groups excluding carboxylic acids is 2. The van der Waals surface area contributed by atoms with E-state index >= 15 is 0 Å². The number of carbonyl (C=O) groups is 2. The van der Waals surface area contributed by atoms with Gasteiger partial charge in [-0.1, -0.05) is 43.2 Å². The molecule has 1 aliphatic rings. The first-order valence-corrected chi connectivity index (χ1v) is 11.4. The monoisotopic (exact) mass is 454 g/mol. The number of pyridine rings is 1. The molecule has 1 aromatic carbocycles. The van der Waals surface area contributed by atoms with Crippen LogP contribution in [0.15, 0.2) is 42.5 Å². The molecule has 0 bridgehead atoms. The van der Waals surface area contributed by atoms with Crippen LogP contribution in [0.2, 0.25) is 0 Å². The molecule has 2 aromatic rings. The Morgan fingerprint density at radius 2 is 1.73 bits per heavy atom. The SMILES string of the molecule is COC(=O)c1ccc(N[C@@H]2CCCC[C@@H]2NC(=O)OC(C)(C)C)nc1NCc1ccccc1. The van der Waals surface area contributed by atoms with E-state index in [-0.39, 0.29) is 12.1 Å². The van der Waals surface area contributed by atoms with Crippen molar-refractivity contribution in [3.8, 4) is 0 Å². The summed E-state index contributed by atoms with van der Waals surface area (Å²) < 4.78 is 10.4. The lowest BCUT2D eigenvalue weighted by Crippen LogP contribution is -2.49.